The fourth-order valence-corrected chi connectivity index (χ4v) is 5.87. The average Bonchev–Trinajstić information content (AvgIpc) is 3.58. The molecule has 3 atom stereocenters. The number of benzene rings is 1. The van der Waals surface area contributed by atoms with E-state index in [0.29, 0.717) is 55.5 Å². The molecule has 11 heteroatoms. The molecule has 2 aliphatic heterocycles. The number of nitrogens with zero attached hydrogens (tertiary/aromatic N) is 4. The molecule has 1 fully saturated rings. The molecule has 41 heavy (non-hydrogen) atoms. The summed E-state index contributed by atoms with van der Waals surface area (Å²) < 4.78 is 16.7. The van der Waals surface area contributed by atoms with Crippen molar-refractivity contribution in [1.29, 1.82) is 0 Å². The number of fused-ring (bicyclic) bond motifs is 1. The van der Waals surface area contributed by atoms with Crippen LogP contribution in [0.5, 0.6) is 17.2 Å². The van der Waals surface area contributed by atoms with Crippen molar-refractivity contribution in [3.05, 3.63) is 42.2 Å². The first-order valence-corrected chi connectivity index (χ1v) is 14.2. The third-order valence-corrected chi connectivity index (χ3v) is 8.00. The molecule has 0 spiro atoms. The number of ether oxygens (including phenoxy) is 3. The van der Waals surface area contributed by atoms with Crippen molar-refractivity contribution in [3.63, 3.8) is 0 Å². The van der Waals surface area contributed by atoms with Gasteiger partial charge in [0.2, 0.25) is 24.4 Å². The largest absolute Gasteiger partial charge is 0.493 e. The number of hydrogen-bond acceptors (Lipinski definition) is 8. The van der Waals surface area contributed by atoms with Crippen molar-refractivity contribution >= 4 is 23.5 Å². The van der Waals surface area contributed by atoms with Crippen molar-refractivity contribution in [2.45, 2.75) is 52.0 Å². The monoisotopic (exact) mass is 568 g/mol. The molecule has 0 aliphatic carbocycles. The molecule has 1 aromatic heterocycles. The minimum atomic E-state index is -0.951. The van der Waals surface area contributed by atoms with Gasteiger partial charge in [0.15, 0.2) is 11.5 Å². The number of pyridine rings is 1. The number of aromatic nitrogens is 1. The van der Waals surface area contributed by atoms with Crippen LogP contribution >= 0.6 is 0 Å². The van der Waals surface area contributed by atoms with Gasteiger partial charge in [-0.15, -0.1) is 0 Å². The summed E-state index contributed by atoms with van der Waals surface area (Å²) in [5.41, 5.74) is 1.45. The maximum absolute atomic E-state index is 13.8. The molecular weight excluding hydrogens is 528 g/mol. The second-order valence-electron chi connectivity index (χ2n) is 10.4. The van der Waals surface area contributed by atoms with E-state index >= 15 is 0 Å². The number of unbranched alkanes of at least 4 members (excludes halogenated alkanes) is 1. The second kappa shape index (κ2) is 13.7. The van der Waals surface area contributed by atoms with Crippen molar-refractivity contribution in [3.8, 4) is 17.2 Å². The van der Waals surface area contributed by atoms with Gasteiger partial charge in [0.05, 0.1) is 31.5 Å². The first kappa shape index (κ1) is 30.1. The summed E-state index contributed by atoms with van der Waals surface area (Å²) >= 11 is 0. The predicted molar refractivity (Wildman–Crippen MR) is 152 cm³/mol. The standard InChI is InChI=1S/C30H40N4O7/c1-5-7-12-34(22-9-8-11-31-16-22)27(36)18-33-17-23(21-14-25(39-4)29-26(15-21)40-19-41-29)28(30(37)38)24(33)10-13-32(6-2)20(3)35/h8-9,11,14-16,23-24,28H,5-7,10,12-13,17-19H2,1-4H3,(H,37,38)/t23-,24+,28-/m1/s1. The number of methoxy groups -OCH3 is 1. The lowest BCUT2D eigenvalue weighted by Crippen LogP contribution is -2.46. The second-order valence-corrected chi connectivity index (χ2v) is 10.4. The number of carbonyl (C=O) groups is 3. The Morgan fingerprint density at radius 1 is 1.20 bits per heavy atom. The van der Waals surface area contributed by atoms with Gasteiger partial charge in [0.1, 0.15) is 0 Å². The Morgan fingerprint density at radius 3 is 2.63 bits per heavy atom. The zero-order valence-corrected chi connectivity index (χ0v) is 24.2. The van der Waals surface area contributed by atoms with Gasteiger partial charge in [-0.05, 0) is 49.6 Å². The Bertz CT molecular complexity index is 1220. The number of hydrogen-bond donors (Lipinski definition) is 1. The van der Waals surface area contributed by atoms with Crippen LogP contribution in [0.3, 0.4) is 0 Å². The fraction of sp³-hybridized carbons (Fsp3) is 0.533. The van der Waals surface area contributed by atoms with E-state index in [-0.39, 0.29) is 25.2 Å². The fourth-order valence-electron chi connectivity index (χ4n) is 5.87. The molecule has 0 unspecified atom stereocenters. The SMILES string of the molecule is CCCCN(C(=O)CN1C[C@H](c2cc(OC)c3c(c2)OCO3)[C@@H](C(=O)O)[C@@H]1CCN(CC)C(C)=O)c1cccnc1. The molecule has 1 aromatic carbocycles. The maximum atomic E-state index is 13.8. The molecule has 2 aliphatic rings. The normalized spacial score (nSPS) is 19.7. The summed E-state index contributed by atoms with van der Waals surface area (Å²) in [5.74, 6) is -0.931. The lowest BCUT2D eigenvalue weighted by molar-refractivity contribution is -0.143. The van der Waals surface area contributed by atoms with Crippen LogP contribution in [0, 0.1) is 5.92 Å². The summed E-state index contributed by atoms with van der Waals surface area (Å²) in [6, 6.07) is 6.78. The molecule has 0 radical (unpaired) electrons. The van der Waals surface area contributed by atoms with Gasteiger partial charge in [0, 0.05) is 51.3 Å². The minimum Gasteiger partial charge on any atom is -0.493 e. The van der Waals surface area contributed by atoms with E-state index in [0.717, 1.165) is 18.4 Å². The van der Waals surface area contributed by atoms with Crippen LogP contribution in [-0.2, 0) is 14.4 Å². The molecule has 4 rings (SSSR count). The third-order valence-electron chi connectivity index (χ3n) is 8.00. The van der Waals surface area contributed by atoms with Crippen LogP contribution in [0.2, 0.25) is 0 Å². The van der Waals surface area contributed by atoms with Crippen LogP contribution in [0.4, 0.5) is 5.69 Å². The molecule has 2 amide bonds. The van der Waals surface area contributed by atoms with Gasteiger partial charge < -0.3 is 29.1 Å². The molecule has 0 bridgehead atoms. The van der Waals surface area contributed by atoms with Gasteiger partial charge in [-0.25, -0.2) is 0 Å². The number of carbonyl (C=O) groups excluding carboxylic acids is 2. The Labute approximate surface area is 241 Å². The zero-order valence-electron chi connectivity index (χ0n) is 24.2. The Morgan fingerprint density at radius 2 is 2.00 bits per heavy atom. The van der Waals surface area contributed by atoms with Crippen LogP contribution < -0.4 is 19.1 Å². The molecule has 0 saturated carbocycles. The van der Waals surface area contributed by atoms with E-state index in [1.165, 1.54) is 14.0 Å². The van der Waals surface area contributed by atoms with Crippen LogP contribution in [0.1, 0.15) is 51.5 Å². The van der Waals surface area contributed by atoms with E-state index in [2.05, 4.69) is 11.9 Å². The minimum absolute atomic E-state index is 0.0391. The van der Waals surface area contributed by atoms with Gasteiger partial charge in [-0.2, -0.15) is 0 Å². The summed E-state index contributed by atoms with van der Waals surface area (Å²) in [6.07, 6.45) is 5.49. The van der Waals surface area contributed by atoms with Crippen LogP contribution in [0.25, 0.3) is 0 Å². The highest BCUT2D eigenvalue weighted by molar-refractivity contribution is 5.94. The van der Waals surface area contributed by atoms with E-state index in [1.807, 2.05) is 24.0 Å². The van der Waals surface area contributed by atoms with Gasteiger partial charge in [-0.3, -0.25) is 24.3 Å². The highest BCUT2D eigenvalue weighted by atomic mass is 16.7. The number of likely N-dealkylation sites (tertiary alicyclic amines) is 1. The number of carboxylic acids is 1. The third kappa shape index (κ3) is 6.73. The Balaban J connectivity index is 1.68. The Kier molecular flexibility index (Phi) is 10.0. The number of rotatable bonds is 13. The highest BCUT2D eigenvalue weighted by Crippen LogP contribution is 2.47. The molecule has 2 aromatic rings. The first-order chi connectivity index (χ1) is 19.8. The highest BCUT2D eigenvalue weighted by Gasteiger charge is 2.47. The summed E-state index contributed by atoms with van der Waals surface area (Å²) in [6.45, 7) is 7.37. The molecule has 1 N–H and O–H groups in total. The summed E-state index contributed by atoms with van der Waals surface area (Å²) in [4.78, 5) is 48.4. The molecular formula is C30H40N4O7. The van der Waals surface area contributed by atoms with Gasteiger partial charge >= 0.3 is 5.97 Å². The number of amides is 2. The number of carboxylic acid groups (broad SMARTS) is 1. The summed E-state index contributed by atoms with van der Waals surface area (Å²) in [7, 11) is 1.53. The van der Waals surface area contributed by atoms with Crippen molar-refractivity contribution in [1.82, 2.24) is 14.8 Å². The van der Waals surface area contributed by atoms with E-state index in [1.54, 1.807) is 34.3 Å². The number of aliphatic carboxylic acids is 1. The Hall–Kier alpha value is -3.86. The van der Waals surface area contributed by atoms with Crippen molar-refractivity contribution in [2.24, 2.45) is 5.92 Å². The van der Waals surface area contributed by atoms with Gasteiger partial charge in [0.25, 0.3) is 0 Å². The van der Waals surface area contributed by atoms with Gasteiger partial charge in [-0.1, -0.05) is 13.3 Å². The van der Waals surface area contributed by atoms with E-state index < -0.39 is 23.8 Å². The van der Waals surface area contributed by atoms with E-state index in [9.17, 15) is 19.5 Å². The van der Waals surface area contributed by atoms with E-state index in [4.69, 9.17) is 14.2 Å². The lowest BCUT2D eigenvalue weighted by Gasteiger charge is -2.31. The smallest absolute Gasteiger partial charge is 0.308 e. The number of anilines is 1. The quantitative estimate of drug-likeness (QED) is 0.388. The molecule has 3 heterocycles. The van der Waals surface area contributed by atoms with Crippen molar-refractivity contribution < 1.29 is 33.7 Å². The molecule has 222 valence electrons. The topological polar surface area (TPSA) is 122 Å². The zero-order chi connectivity index (χ0) is 29.5. The lowest BCUT2D eigenvalue weighted by atomic mass is 9.84. The first-order valence-electron chi connectivity index (χ1n) is 14.2. The molecule has 1 saturated heterocycles. The maximum Gasteiger partial charge on any atom is 0.308 e. The predicted octanol–water partition coefficient (Wildman–Crippen LogP) is 3.38. The van der Waals surface area contributed by atoms with Crippen LogP contribution in [-0.4, -0.2) is 90.3 Å². The molecule has 11 nitrogen and oxygen atoms in total. The average molecular weight is 569 g/mol. The van der Waals surface area contributed by atoms with Crippen molar-refractivity contribution in [2.75, 3.05) is 51.5 Å². The summed E-state index contributed by atoms with van der Waals surface area (Å²) in [5, 5.41) is 10.5. The van der Waals surface area contributed by atoms with Crippen LogP contribution in [0.15, 0.2) is 36.7 Å².